The predicted octanol–water partition coefficient (Wildman–Crippen LogP) is 3.85. The van der Waals surface area contributed by atoms with E-state index >= 15 is 0 Å². The van der Waals surface area contributed by atoms with E-state index in [-0.39, 0.29) is 0 Å². The predicted molar refractivity (Wildman–Crippen MR) is 129 cm³/mol. The fraction of sp³-hybridized carbons (Fsp3) is 0.600. The molecule has 2 saturated heterocycles. The summed E-state index contributed by atoms with van der Waals surface area (Å²) in [7, 11) is 4.11. The molecule has 0 unspecified atom stereocenters. The summed E-state index contributed by atoms with van der Waals surface area (Å²) in [6.07, 6.45) is 4.89. The van der Waals surface area contributed by atoms with Crippen LogP contribution in [-0.2, 0) is 13.1 Å². The number of anilines is 2. The van der Waals surface area contributed by atoms with E-state index in [9.17, 15) is 0 Å². The summed E-state index contributed by atoms with van der Waals surface area (Å²) in [5, 5.41) is 6.65. The number of hydrogen-bond donors (Lipinski definition) is 2. The molecule has 0 saturated carbocycles. The second-order valence-electron chi connectivity index (χ2n) is 9.41. The van der Waals surface area contributed by atoms with Crippen molar-refractivity contribution in [3.8, 4) is 0 Å². The standard InChI is InChI=1S/C25H38N6/c1-19-5-4-14-31(16-19)23-8-6-20(7-9-23)17-30(3)18-22-15-24(26-2)29-25(28-22)21-10-12-27-13-11-21/h6-9,15,19,21,27H,4-5,10-14,16-18H2,1-3H3,(H,26,28,29)/t19-/m1/s1. The van der Waals surface area contributed by atoms with Crippen LogP contribution in [0, 0.1) is 5.92 Å². The van der Waals surface area contributed by atoms with Gasteiger partial charge in [-0.05, 0) is 69.4 Å². The summed E-state index contributed by atoms with van der Waals surface area (Å²) in [4.78, 5) is 14.6. The molecule has 6 heteroatoms. The lowest BCUT2D eigenvalue weighted by molar-refractivity contribution is 0.314. The van der Waals surface area contributed by atoms with Crippen molar-refractivity contribution < 1.29 is 0 Å². The summed E-state index contributed by atoms with van der Waals surface area (Å²) < 4.78 is 0. The van der Waals surface area contributed by atoms with E-state index in [1.807, 2.05) is 7.05 Å². The third-order valence-corrected chi connectivity index (χ3v) is 6.60. The fourth-order valence-electron chi connectivity index (χ4n) is 4.87. The van der Waals surface area contributed by atoms with Crippen molar-refractivity contribution in [3.05, 3.63) is 47.4 Å². The second kappa shape index (κ2) is 10.4. The lowest BCUT2D eigenvalue weighted by Gasteiger charge is -2.33. The van der Waals surface area contributed by atoms with Crippen LogP contribution in [-0.4, -0.2) is 55.1 Å². The molecule has 4 rings (SSSR count). The SMILES string of the molecule is CNc1cc(CN(C)Cc2ccc(N3CCC[C@@H](C)C3)cc2)nc(C2CCNCC2)n1. The zero-order valence-corrected chi connectivity index (χ0v) is 19.4. The van der Waals surface area contributed by atoms with Gasteiger partial charge in [0.2, 0.25) is 0 Å². The van der Waals surface area contributed by atoms with Crippen LogP contribution < -0.4 is 15.5 Å². The lowest BCUT2D eigenvalue weighted by atomic mass is 9.97. The minimum atomic E-state index is 0.462. The summed E-state index contributed by atoms with van der Waals surface area (Å²) in [5.41, 5.74) is 3.80. The molecule has 0 bridgehead atoms. The average Bonchev–Trinajstić information content (AvgIpc) is 2.80. The fourth-order valence-corrected chi connectivity index (χ4v) is 4.87. The number of piperidine rings is 2. The Hall–Kier alpha value is -2.18. The van der Waals surface area contributed by atoms with Gasteiger partial charge in [0.25, 0.3) is 0 Å². The summed E-state index contributed by atoms with van der Waals surface area (Å²) in [6.45, 7) is 8.57. The third kappa shape index (κ3) is 5.95. The topological polar surface area (TPSA) is 56.3 Å². The highest BCUT2D eigenvalue weighted by Gasteiger charge is 2.20. The van der Waals surface area contributed by atoms with Gasteiger partial charge in [-0.1, -0.05) is 19.1 Å². The molecule has 31 heavy (non-hydrogen) atoms. The molecule has 6 nitrogen and oxygen atoms in total. The van der Waals surface area contributed by atoms with Crippen LogP contribution in [0.1, 0.15) is 55.6 Å². The summed E-state index contributed by atoms with van der Waals surface area (Å²) in [6, 6.07) is 11.2. The number of hydrogen-bond acceptors (Lipinski definition) is 6. The maximum Gasteiger partial charge on any atom is 0.134 e. The largest absolute Gasteiger partial charge is 0.373 e. The molecule has 2 aliphatic heterocycles. The molecule has 1 aromatic heterocycles. The number of nitrogens with zero attached hydrogens (tertiary/aromatic N) is 4. The van der Waals surface area contributed by atoms with Crippen molar-refractivity contribution >= 4 is 11.5 Å². The van der Waals surface area contributed by atoms with E-state index in [1.54, 1.807) is 0 Å². The van der Waals surface area contributed by atoms with E-state index in [2.05, 4.69) is 64.7 Å². The van der Waals surface area contributed by atoms with Crippen molar-refractivity contribution in [3.63, 3.8) is 0 Å². The molecule has 3 heterocycles. The van der Waals surface area contributed by atoms with Gasteiger partial charge < -0.3 is 15.5 Å². The minimum absolute atomic E-state index is 0.462. The van der Waals surface area contributed by atoms with Crippen LogP contribution in [0.15, 0.2) is 30.3 Å². The van der Waals surface area contributed by atoms with Crippen molar-refractivity contribution in [2.24, 2.45) is 5.92 Å². The maximum atomic E-state index is 4.94. The van der Waals surface area contributed by atoms with Crippen molar-refractivity contribution in [2.45, 2.75) is 51.6 Å². The van der Waals surface area contributed by atoms with E-state index in [4.69, 9.17) is 9.97 Å². The average molecular weight is 423 g/mol. The van der Waals surface area contributed by atoms with Crippen LogP contribution in [0.4, 0.5) is 11.5 Å². The molecule has 2 N–H and O–H groups in total. The molecule has 1 atom stereocenters. The normalized spacial score (nSPS) is 20.3. The summed E-state index contributed by atoms with van der Waals surface area (Å²) >= 11 is 0. The van der Waals surface area contributed by atoms with Crippen molar-refractivity contribution in [1.82, 2.24) is 20.2 Å². The van der Waals surface area contributed by atoms with Crippen LogP contribution in [0.25, 0.3) is 0 Å². The quantitative estimate of drug-likeness (QED) is 0.707. The van der Waals surface area contributed by atoms with Gasteiger partial charge in [-0.3, -0.25) is 4.90 Å². The highest BCUT2D eigenvalue weighted by Crippen LogP contribution is 2.25. The zero-order chi connectivity index (χ0) is 21.6. The molecule has 2 aromatic rings. The van der Waals surface area contributed by atoms with Gasteiger partial charge in [-0.25, -0.2) is 9.97 Å². The smallest absolute Gasteiger partial charge is 0.134 e. The van der Waals surface area contributed by atoms with Gasteiger partial charge in [0, 0.05) is 50.9 Å². The van der Waals surface area contributed by atoms with Gasteiger partial charge in [-0.2, -0.15) is 0 Å². The first-order chi connectivity index (χ1) is 15.1. The first kappa shape index (κ1) is 22.0. The number of rotatable bonds is 7. The van der Waals surface area contributed by atoms with E-state index in [0.29, 0.717) is 5.92 Å². The van der Waals surface area contributed by atoms with E-state index < -0.39 is 0 Å². The molecule has 168 valence electrons. The Kier molecular flexibility index (Phi) is 7.41. The van der Waals surface area contributed by atoms with Gasteiger partial charge in [0.05, 0.1) is 5.69 Å². The first-order valence-electron chi connectivity index (χ1n) is 11.9. The van der Waals surface area contributed by atoms with Gasteiger partial charge >= 0.3 is 0 Å². The molecule has 0 amide bonds. The first-order valence-corrected chi connectivity index (χ1v) is 11.9. The summed E-state index contributed by atoms with van der Waals surface area (Å²) in [5.74, 6) is 3.18. The van der Waals surface area contributed by atoms with Gasteiger partial charge in [0.1, 0.15) is 11.6 Å². The number of aromatic nitrogens is 2. The minimum Gasteiger partial charge on any atom is -0.373 e. The Bertz CT molecular complexity index is 830. The molecular formula is C25H38N6. The molecule has 2 fully saturated rings. The van der Waals surface area contributed by atoms with Gasteiger partial charge in [0.15, 0.2) is 0 Å². The Morgan fingerprint density at radius 2 is 1.87 bits per heavy atom. The lowest BCUT2D eigenvalue weighted by Crippen LogP contribution is -2.34. The van der Waals surface area contributed by atoms with Crippen LogP contribution >= 0.6 is 0 Å². The van der Waals surface area contributed by atoms with E-state index in [0.717, 1.165) is 62.3 Å². The highest BCUT2D eigenvalue weighted by molar-refractivity contribution is 5.48. The molecular weight excluding hydrogens is 384 g/mol. The molecule has 1 aromatic carbocycles. The van der Waals surface area contributed by atoms with E-state index in [1.165, 1.54) is 37.2 Å². The molecule has 2 aliphatic rings. The Morgan fingerprint density at radius 1 is 1.10 bits per heavy atom. The monoisotopic (exact) mass is 422 g/mol. The Balaban J connectivity index is 1.38. The van der Waals surface area contributed by atoms with Crippen LogP contribution in [0.3, 0.4) is 0 Å². The second-order valence-corrected chi connectivity index (χ2v) is 9.41. The van der Waals surface area contributed by atoms with Gasteiger partial charge in [-0.15, -0.1) is 0 Å². The van der Waals surface area contributed by atoms with Crippen LogP contribution in [0.2, 0.25) is 0 Å². The maximum absolute atomic E-state index is 4.94. The molecule has 0 radical (unpaired) electrons. The Labute approximate surface area is 187 Å². The molecule has 0 aliphatic carbocycles. The third-order valence-electron chi connectivity index (χ3n) is 6.60. The van der Waals surface area contributed by atoms with Crippen LogP contribution in [0.5, 0.6) is 0 Å². The highest BCUT2D eigenvalue weighted by atomic mass is 15.1. The number of nitrogens with one attached hydrogen (secondary N) is 2. The number of benzene rings is 1. The van der Waals surface area contributed by atoms with Crippen molar-refractivity contribution in [1.29, 1.82) is 0 Å². The Morgan fingerprint density at radius 3 is 2.58 bits per heavy atom. The van der Waals surface area contributed by atoms with Crippen molar-refractivity contribution in [2.75, 3.05) is 50.5 Å². The molecule has 0 spiro atoms. The zero-order valence-electron chi connectivity index (χ0n) is 19.4.